The van der Waals surface area contributed by atoms with Crippen molar-refractivity contribution < 1.29 is 0 Å². The Morgan fingerprint density at radius 1 is 1.75 bits per heavy atom. The first kappa shape index (κ1) is 9.45. The Bertz CT molecular complexity index is 218. The van der Waals surface area contributed by atoms with Gasteiger partial charge in [-0.3, -0.25) is 11.3 Å². The molecular weight excluding hydrogens is 168 g/mol. The van der Waals surface area contributed by atoms with Crippen molar-refractivity contribution in [2.45, 2.75) is 18.9 Å². The van der Waals surface area contributed by atoms with Crippen LogP contribution in [-0.2, 0) is 0 Å². The lowest BCUT2D eigenvalue weighted by atomic mass is 10.1. The summed E-state index contributed by atoms with van der Waals surface area (Å²) in [6.07, 6.45) is 3.91. The van der Waals surface area contributed by atoms with E-state index in [4.69, 9.17) is 5.84 Å². The minimum absolute atomic E-state index is 0.272. The number of allylic oxidation sites excluding steroid dienone is 1. The van der Waals surface area contributed by atoms with E-state index in [9.17, 15) is 0 Å². The van der Waals surface area contributed by atoms with E-state index in [1.165, 1.54) is 5.56 Å². The highest BCUT2D eigenvalue weighted by atomic mass is 32.1. The van der Waals surface area contributed by atoms with E-state index < -0.39 is 0 Å². The molecule has 0 aliphatic heterocycles. The van der Waals surface area contributed by atoms with E-state index in [1.807, 2.05) is 6.08 Å². The van der Waals surface area contributed by atoms with Crippen LogP contribution in [0.1, 0.15) is 24.4 Å². The summed E-state index contributed by atoms with van der Waals surface area (Å²) in [6, 6.07) is 2.37. The van der Waals surface area contributed by atoms with Crippen LogP contribution in [0.3, 0.4) is 0 Å². The summed E-state index contributed by atoms with van der Waals surface area (Å²) in [5.41, 5.74) is 4.07. The van der Waals surface area contributed by atoms with Crippen molar-refractivity contribution in [2.75, 3.05) is 0 Å². The molecule has 1 atom stereocenters. The first-order chi connectivity index (χ1) is 5.88. The molecule has 0 fully saturated rings. The van der Waals surface area contributed by atoms with Crippen LogP contribution < -0.4 is 11.3 Å². The van der Waals surface area contributed by atoms with Crippen molar-refractivity contribution in [2.24, 2.45) is 5.84 Å². The summed E-state index contributed by atoms with van der Waals surface area (Å²) in [4.78, 5) is 0. The molecule has 2 nitrogen and oxygen atoms in total. The molecule has 3 N–H and O–H groups in total. The highest BCUT2D eigenvalue weighted by molar-refractivity contribution is 7.07. The molecule has 0 aromatic carbocycles. The molecule has 1 aromatic heterocycles. The van der Waals surface area contributed by atoms with E-state index in [2.05, 4.69) is 28.8 Å². The molecule has 1 rings (SSSR count). The van der Waals surface area contributed by atoms with Crippen LogP contribution in [-0.4, -0.2) is 0 Å². The minimum atomic E-state index is 0.272. The Balaban J connectivity index is 2.51. The molecule has 12 heavy (non-hydrogen) atoms. The van der Waals surface area contributed by atoms with Gasteiger partial charge in [0.05, 0.1) is 0 Å². The smallest absolute Gasteiger partial charge is 0.0471 e. The second kappa shape index (κ2) is 5.09. The maximum atomic E-state index is 5.43. The lowest BCUT2D eigenvalue weighted by Gasteiger charge is -2.12. The third-order valence-corrected chi connectivity index (χ3v) is 2.51. The Morgan fingerprint density at radius 3 is 3.08 bits per heavy atom. The molecule has 0 aliphatic carbocycles. The number of hydrogen-bond acceptors (Lipinski definition) is 3. The predicted octanol–water partition coefficient (Wildman–Crippen LogP) is 2.22. The molecule has 0 bridgehead atoms. The Hall–Kier alpha value is -0.640. The number of nitrogens with two attached hydrogens (primary N) is 1. The normalized spacial score (nSPS) is 12.8. The van der Waals surface area contributed by atoms with Crippen molar-refractivity contribution in [3.05, 3.63) is 35.0 Å². The molecular formula is C9H14N2S. The molecule has 3 heteroatoms. The summed E-state index contributed by atoms with van der Waals surface area (Å²) in [7, 11) is 0. The van der Waals surface area contributed by atoms with Crippen LogP contribution in [0, 0.1) is 0 Å². The molecule has 0 amide bonds. The minimum Gasteiger partial charge on any atom is -0.271 e. The van der Waals surface area contributed by atoms with Crippen LogP contribution in [0.25, 0.3) is 0 Å². The van der Waals surface area contributed by atoms with Gasteiger partial charge in [-0.25, -0.2) is 0 Å². The standard InChI is InChI=1S/C9H14N2S/c1-2-3-4-9(11-10)8-5-6-12-7-8/h2,5-7,9,11H,1,3-4,10H2. The molecule has 0 aliphatic rings. The van der Waals surface area contributed by atoms with Crippen molar-refractivity contribution in [1.29, 1.82) is 0 Å². The van der Waals surface area contributed by atoms with Gasteiger partial charge >= 0.3 is 0 Å². The third-order valence-electron chi connectivity index (χ3n) is 1.81. The van der Waals surface area contributed by atoms with Gasteiger partial charge in [-0.05, 0) is 35.2 Å². The molecule has 1 heterocycles. The zero-order chi connectivity index (χ0) is 8.81. The molecule has 1 unspecified atom stereocenters. The lowest BCUT2D eigenvalue weighted by molar-refractivity contribution is 0.522. The largest absolute Gasteiger partial charge is 0.271 e. The molecule has 0 saturated carbocycles. The fourth-order valence-corrected chi connectivity index (χ4v) is 1.82. The zero-order valence-electron chi connectivity index (χ0n) is 6.99. The fourth-order valence-electron chi connectivity index (χ4n) is 1.10. The van der Waals surface area contributed by atoms with Crippen molar-refractivity contribution in [3.8, 4) is 0 Å². The number of nitrogens with one attached hydrogen (secondary N) is 1. The molecule has 0 spiro atoms. The highest BCUT2D eigenvalue weighted by Crippen LogP contribution is 2.19. The summed E-state index contributed by atoms with van der Waals surface area (Å²) in [5.74, 6) is 5.43. The van der Waals surface area contributed by atoms with Crippen LogP contribution in [0.4, 0.5) is 0 Å². The number of thiophene rings is 1. The second-order valence-electron chi connectivity index (χ2n) is 2.64. The average Bonchev–Trinajstić information content (AvgIpc) is 2.59. The van der Waals surface area contributed by atoms with Crippen LogP contribution in [0.2, 0.25) is 0 Å². The Morgan fingerprint density at radius 2 is 2.58 bits per heavy atom. The summed E-state index contributed by atoms with van der Waals surface area (Å²) < 4.78 is 0. The average molecular weight is 182 g/mol. The monoisotopic (exact) mass is 182 g/mol. The first-order valence-corrected chi connectivity index (χ1v) is 4.92. The van der Waals surface area contributed by atoms with Crippen LogP contribution >= 0.6 is 11.3 Å². The molecule has 0 saturated heterocycles. The van der Waals surface area contributed by atoms with Gasteiger partial charge in [0.15, 0.2) is 0 Å². The van der Waals surface area contributed by atoms with Gasteiger partial charge in [0.25, 0.3) is 0 Å². The van der Waals surface area contributed by atoms with Gasteiger partial charge in [0.2, 0.25) is 0 Å². The lowest BCUT2D eigenvalue weighted by Crippen LogP contribution is -2.27. The topological polar surface area (TPSA) is 38.0 Å². The molecule has 66 valence electrons. The van der Waals surface area contributed by atoms with E-state index in [-0.39, 0.29) is 6.04 Å². The van der Waals surface area contributed by atoms with Gasteiger partial charge in [0.1, 0.15) is 0 Å². The third kappa shape index (κ3) is 2.44. The fraction of sp³-hybridized carbons (Fsp3) is 0.333. The van der Waals surface area contributed by atoms with Crippen LogP contribution in [0.15, 0.2) is 29.5 Å². The molecule has 1 aromatic rings. The van der Waals surface area contributed by atoms with Gasteiger partial charge in [-0.15, -0.1) is 6.58 Å². The van der Waals surface area contributed by atoms with E-state index >= 15 is 0 Å². The number of rotatable bonds is 5. The SMILES string of the molecule is C=CCCC(NN)c1ccsc1. The van der Waals surface area contributed by atoms with Crippen LogP contribution in [0.5, 0.6) is 0 Å². The van der Waals surface area contributed by atoms with Crippen molar-refractivity contribution in [3.63, 3.8) is 0 Å². The van der Waals surface area contributed by atoms with Gasteiger partial charge in [-0.1, -0.05) is 6.08 Å². The number of hydrogen-bond donors (Lipinski definition) is 2. The van der Waals surface area contributed by atoms with Gasteiger partial charge < -0.3 is 0 Å². The second-order valence-corrected chi connectivity index (χ2v) is 3.42. The Kier molecular flexibility index (Phi) is 4.00. The quantitative estimate of drug-likeness (QED) is 0.416. The maximum absolute atomic E-state index is 5.43. The Labute approximate surface area is 77.1 Å². The zero-order valence-corrected chi connectivity index (χ0v) is 7.81. The number of hydrazine groups is 1. The first-order valence-electron chi connectivity index (χ1n) is 3.97. The predicted molar refractivity (Wildman–Crippen MR) is 53.8 cm³/mol. The van der Waals surface area contributed by atoms with E-state index in [0.29, 0.717) is 0 Å². The van der Waals surface area contributed by atoms with Gasteiger partial charge in [-0.2, -0.15) is 11.3 Å². The summed E-state index contributed by atoms with van der Waals surface area (Å²) in [6.45, 7) is 3.68. The van der Waals surface area contributed by atoms with Crippen molar-refractivity contribution >= 4 is 11.3 Å². The maximum Gasteiger partial charge on any atom is 0.0471 e. The van der Waals surface area contributed by atoms with Crippen molar-refractivity contribution in [1.82, 2.24) is 5.43 Å². The highest BCUT2D eigenvalue weighted by Gasteiger charge is 2.07. The summed E-state index contributed by atoms with van der Waals surface area (Å²) >= 11 is 1.70. The summed E-state index contributed by atoms with van der Waals surface area (Å²) in [5, 5.41) is 4.18. The van der Waals surface area contributed by atoms with E-state index in [0.717, 1.165) is 12.8 Å². The molecule has 0 radical (unpaired) electrons. The van der Waals surface area contributed by atoms with E-state index in [1.54, 1.807) is 11.3 Å². The van der Waals surface area contributed by atoms with Gasteiger partial charge in [0, 0.05) is 6.04 Å².